The highest BCUT2D eigenvalue weighted by molar-refractivity contribution is 5.97. The van der Waals surface area contributed by atoms with E-state index >= 15 is 0 Å². The molecular weight excluding hydrogens is 328 g/mol. The predicted octanol–water partition coefficient (Wildman–Crippen LogP) is 3.98. The highest BCUT2D eigenvalue weighted by atomic mass is 16.5. The number of hydrogen-bond donors (Lipinski definition) is 2. The summed E-state index contributed by atoms with van der Waals surface area (Å²) < 4.78 is 5.69. The molecule has 136 valence electrons. The third-order valence-corrected chi connectivity index (χ3v) is 4.57. The van der Waals surface area contributed by atoms with E-state index in [0.29, 0.717) is 5.69 Å². The van der Waals surface area contributed by atoms with Gasteiger partial charge in [-0.2, -0.15) is 0 Å². The lowest BCUT2D eigenvalue weighted by atomic mass is 10.1. The molecule has 0 unspecified atom stereocenters. The second-order valence-electron chi connectivity index (χ2n) is 6.80. The van der Waals surface area contributed by atoms with Gasteiger partial charge in [-0.05, 0) is 62.4 Å². The maximum Gasteiger partial charge on any atom is 0.262 e. The molecule has 2 amide bonds. The van der Waals surface area contributed by atoms with Crippen LogP contribution < -0.4 is 15.4 Å². The van der Waals surface area contributed by atoms with Gasteiger partial charge in [-0.1, -0.05) is 24.3 Å². The normalized spacial score (nSPS) is 13.2. The number of ether oxygens (including phenoxy) is 1. The third-order valence-electron chi connectivity index (χ3n) is 4.57. The fourth-order valence-corrected chi connectivity index (χ4v) is 2.84. The zero-order chi connectivity index (χ0) is 18.7. The predicted molar refractivity (Wildman–Crippen MR) is 103 cm³/mol. The van der Waals surface area contributed by atoms with Gasteiger partial charge in [0.1, 0.15) is 5.75 Å². The van der Waals surface area contributed by atoms with Gasteiger partial charge in [-0.3, -0.25) is 9.59 Å². The monoisotopic (exact) mass is 352 g/mol. The Morgan fingerprint density at radius 2 is 1.54 bits per heavy atom. The number of para-hydroxylation sites is 1. The van der Waals surface area contributed by atoms with Gasteiger partial charge >= 0.3 is 0 Å². The Bertz CT molecular complexity index is 821. The van der Waals surface area contributed by atoms with E-state index < -0.39 is 0 Å². The molecular formula is C21H24N2O3. The summed E-state index contributed by atoms with van der Waals surface area (Å²) in [4.78, 5) is 24.3. The number of carbonyl (C=O) groups is 2. The third kappa shape index (κ3) is 4.23. The van der Waals surface area contributed by atoms with Crippen molar-refractivity contribution < 1.29 is 14.3 Å². The van der Waals surface area contributed by atoms with Gasteiger partial charge in [0.25, 0.3) is 5.91 Å². The minimum atomic E-state index is -0.235. The van der Waals surface area contributed by atoms with Crippen LogP contribution in [0.2, 0.25) is 0 Å². The van der Waals surface area contributed by atoms with Crippen molar-refractivity contribution in [1.29, 1.82) is 0 Å². The lowest BCUT2D eigenvalue weighted by molar-refractivity contribution is -0.118. The Labute approximate surface area is 153 Å². The number of carbonyl (C=O) groups excluding carboxylic acids is 2. The summed E-state index contributed by atoms with van der Waals surface area (Å²) in [5.41, 5.74) is 4.24. The van der Waals surface area contributed by atoms with E-state index in [1.807, 2.05) is 57.2 Å². The van der Waals surface area contributed by atoms with Gasteiger partial charge in [0.2, 0.25) is 5.91 Å². The van der Waals surface area contributed by atoms with Crippen LogP contribution in [0.5, 0.6) is 5.75 Å². The molecule has 2 aromatic carbocycles. The Hall–Kier alpha value is -2.82. The maximum atomic E-state index is 12.3. The van der Waals surface area contributed by atoms with E-state index in [0.717, 1.165) is 41.0 Å². The van der Waals surface area contributed by atoms with Crippen LogP contribution in [0.4, 0.5) is 11.4 Å². The number of hydrogen-bond acceptors (Lipinski definition) is 3. The van der Waals surface area contributed by atoms with E-state index in [2.05, 4.69) is 10.6 Å². The maximum absolute atomic E-state index is 12.3. The molecule has 0 saturated heterocycles. The SMILES string of the molecule is Cc1cccc(C)c1OCC(=O)Nc1cccc(NC(=O)C2CC2)c1C. The van der Waals surface area contributed by atoms with Gasteiger partial charge in [0.05, 0.1) is 0 Å². The molecule has 1 aliphatic rings. The first kappa shape index (κ1) is 18.0. The number of rotatable bonds is 6. The minimum Gasteiger partial charge on any atom is -0.483 e. The van der Waals surface area contributed by atoms with Gasteiger partial charge in [-0.25, -0.2) is 0 Å². The number of aryl methyl sites for hydroxylation is 2. The van der Waals surface area contributed by atoms with Crippen LogP contribution in [-0.2, 0) is 9.59 Å². The van der Waals surface area contributed by atoms with E-state index in [1.54, 1.807) is 0 Å². The molecule has 1 aliphatic carbocycles. The van der Waals surface area contributed by atoms with Crippen molar-refractivity contribution in [3.05, 3.63) is 53.1 Å². The second-order valence-corrected chi connectivity index (χ2v) is 6.80. The molecule has 0 bridgehead atoms. The molecule has 1 fully saturated rings. The van der Waals surface area contributed by atoms with Gasteiger partial charge < -0.3 is 15.4 Å². The van der Waals surface area contributed by atoms with Crippen molar-refractivity contribution in [3.8, 4) is 5.75 Å². The van der Waals surface area contributed by atoms with E-state index in [-0.39, 0.29) is 24.3 Å². The van der Waals surface area contributed by atoms with Crippen LogP contribution in [0.3, 0.4) is 0 Å². The Balaban J connectivity index is 1.63. The number of amides is 2. The molecule has 0 atom stereocenters. The van der Waals surface area contributed by atoms with Crippen molar-refractivity contribution in [1.82, 2.24) is 0 Å². The molecule has 3 rings (SSSR count). The molecule has 0 heterocycles. The summed E-state index contributed by atoms with van der Waals surface area (Å²) in [6.45, 7) is 5.72. The quantitative estimate of drug-likeness (QED) is 0.826. The average Bonchev–Trinajstić information content (AvgIpc) is 3.43. The number of benzene rings is 2. The fraction of sp³-hybridized carbons (Fsp3) is 0.333. The summed E-state index contributed by atoms with van der Waals surface area (Å²) in [5.74, 6) is 0.694. The summed E-state index contributed by atoms with van der Waals surface area (Å²) in [5, 5.41) is 5.80. The van der Waals surface area contributed by atoms with Crippen molar-refractivity contribution in [2.45, 2.75) is 33.6 Å². The van der Waals surface area contributed by atoms with Crippen LogP contribution in [0.15, 0.2) is 36.4 Å². The first-order valence-electron chi connectivity index (χ1n) is 8.85. The zero-order valence-electron chi connectivity index (χ0n) is 15.4. The number of nitrogens with one attached hydrogen (secondary N) is 2. The molecule has 2 N–H and O–H groups in total. The molecule has 0 spiro atoms. The smallest absolute Gasteiger partial charge is 0.262 e. The van der Waals surface area contributed by atoms with Crippen molar-refractivity contribution in [2.75, 3.05) is 17.2 Å². The van der Waals surface area contributed by atoms with Crippen LogP contribution in [0.1, 0.15) is 29.5 Å². The summed E-state index contributed by atoms with van der Waals surface area (Å²) in [6.07, 6.45) is 1.91. The van der Waals surface area contributed by atoms with Gasteiger partial charge in [-0.15, -0.1) is 0 Å². The molecule has 26 heavy (non-hydrogen) atoms. The molecule has 5 nitrogen and oxygen atoms in total. The minimum absolute atomic E-state index is 0.0509. The second kappa shape index (κ2) is 7.60. The zero-order valence-corrected chi connectivity index (χ0v) is 15.4. The molecule has 1 saturated carbocycles. The van der Waals surface area contributed by atoms with E-state index in [9.17, 15) is 9.59 Å². The van der Waals surface area contributed by atoms with E-state index in [1.165, 1.54) is 0 Å². The highest BCUT2D eigenvalue weighted by Crippen LogP contribution is 2.31. The fourth-order valence-electron chi connectivity index (χ4n) is 2.84. The van der Waals surface area contributed by atoms with Gasteiger partial charge in [0, 0.05) is 17.3 Å². The van der Waals surface area contributed by atoms with Crippen LogP contribution in [0, 0.1) is 26.7 Å². The molecule has 5 heteroatoms. The summed E-state index contributed by atoms with van der Waals surface area (Å²) in [7, 11) is 0. The Morgan fingerprint density at radius 3 is 2.15 bits per heavy atom. The average molecular weight is 352 g/mol. The number of anilines is 2. The lowest BCUT2D eigenvalue weighted by Crippen LogP contribution is -2.21. The lowest BCUT2D eigenvalue weighted by Gasteiger charge is -2.15. The van der Waals surface area contributed by atoms with Crippen LogP contribution in [0.25, 0.3) is 0 Å². The first-order chi connectivity index (χ1) is 12.5. The highest BCUT2D eigenvalue weighted by Gasteiger charge is 2.29. The summed E-state index contributed by atoms with van der Waals surface area (Å²) in [6, 6.07) is 11.4. The topological polar surface area (TPSA) is 67.4 Å². The molecule has 0 aromatic heterocycles. The van der Waals surface area contributed by atoms with Crippen molar-refractivity contribution in [2.24, 2.45) is 5.92 Å². The Kier molecular flexibility index (Phi) is 5.26. The molecule has 0 radical (unpaired) electrons. The van der Waals surface area contributed by atoms with Crippen molar-refractivity contribution >= 4 is 23.2 Å². The first-order valence-corrected chi connectivity index (χ1v) is 8.85. The van der Waals surface area contributed by atoms with Gasteiger partial charge in [0.15, 0.2) is 6.61 Å². The van der Waals surface area contributed by atoms with Crippen molar-refractivity contribution in [3.63, 3.8) is 0 Å². The Morgan fingerprint density at radius 1 is 0.962 bits per heavy atom. The molecule has 2 aromatic rings. The largest absolute Gasteiger partial charge is 0.483 e. The van der Waals surface area contributed by atoms with Crippen LogP contribution in [-0.4, -0.2) is 18.4 Å². The molecule has 0 aliphatic heterocycles. The summed E-state index contributed by atoms with van der Waals surface area (Å²) >= 11 is 0. The van der Waals surface area contributed by atoms with E-state index in [4.69, 9.17) is 4.74 Å². The van der Waals surface area contributed by atoms with Crippen LogP contribution >= 0.6 is 0 Å². The standard InChI is InChI=1S/C21H24N2O3/c1-13-6-4-7-14(2)20(13)26-12-19(24)22-17-8-5-9-18(15(17)3)23-21(25)16-10-11-16/h4-9,16H,10-12H2,1-3H3,(H,22,24)(H,23,25).